The highest BCUT2D eigenvalue weighted by molar-refractivity contribution is 5.12. The first-order chi connectivity index (χ1) is 12.7. The van der Waals surface area contributed by atoms with E-state index in [0.29, 0.717) is 0 Å². The SMILES string of the molecule is CN(Cc1ccccn1)Cc1cccc(CN(C)Cc2ccccn2)n1. The van der Waals surface area contributed by atoms with E-state index in [1.165, 1.54) is 0 Å². The summed E-state index contributed by atoms with van der Waals surface area (Å²) in [5.74, 6) is 0. The Bertz CT molecular complexity index is 727. The van der Waals surface area contributed by atoms with Crippen molar-refractivity contribution in [2.24, 2.45) is 0 Å². The van der Waals surface area contributed by atoms with Crippen LogP contribution < -0.4 is 0 Å². The zero-order valence-electron chi connectivity index (χ0n) is 15.4. The van der Waals surface area contributed by atoms with Gasteiger partial charge in [0.2, 0.25) is 0 Å². The molecule has 0 N–H and O–H groups in total. The van der Waals surface area contributed by atoms with Gasteiger partial charge in [0.05, 0.1) is 22.8 Å². The third-order valence-electron chi connectivity index (χ3n) is 4.04. The van der Waals surface area contributed by atoms with Crippen LogP contribution in [0.15, 0.2) is 67.0 Å². The van der Waals surface area contributed by atoms with Crippen molar-refractivity contribution in [2.75, 3.05) is 14.1 Å². The molecule has 0 amide bonds. The van der Waals surface area contributed by atoms with Gasteiger partial charge in [0.1, 0.15) is 0 Å². The average molecular weight is 347 g/mol. The normalized spacial score (nSPS) is 11.2. The lowest BCUT2D eigenvalue weighted by atomic mass is 10.2. The fourth-order valence-electron chi connectivity index (χ4n) is 2.91. The van der Waals surface area contributed by atoms with Gasteiger partial charge in [0.25, 0.3) is 0 Å². The molecule has 134 valence electrons. The number of nitrogens with zero attached hydrogens (tertiary/aromatic N) is 5. The maximum absolute atomic E-state index is 4.81. The van der Waals surface area contributed by atoms with Crippen LogP contribution in [0.2, 0.25) is 0 Å². The lowest BCUT2D eigenvalue weighted by molar-refractivity contribution is 0.302. The molecule has 0 aromatic carbocycles. The molecule has 3 aromatic rings. The van der Waals surface area contributed by atoms with Gasteiger partial charge in [-0.3, -0.25) is 24.8 Å². The molecule has 26 heavy (non-hydrogen) atoms. The highest BCUT2D eigenvalue weighted by atomic mass is 15.1. The average Bonchev–Trinajstić information content (AvgIpc) is 2.63. The summed E-state index contributed by atoms with van der Waals surface area (Å²) in [5.41, 5.74) is 4.29. The second kappa shape index (κ2) is 9.17. The molecule has 0 spiro atoms. The van der Waals surface area contributed by atoms with Gasteiger partial charge >= 0.3 is 0 Å². The fraction of sp³-hybridized carbons (Fsp3) is 0.286. The molecule has 0 radical (unpaired) electrons. The zero-order valence-corrected chi connectivity index (χ0v) is 15.4. The van der Waals surface area contributed by atoms with E-state index in [2.05, 4.69) is 52.1 Å². The van der Waals surface area contributed by atoms with Crippen LogP contribution in [0.25, 0.3) is 0 Å². The molecule has 0 fully saturated rings. The first-order valence-corrected chi connectivity index (χ1v) is 8.81. The first kappa shape index (κ1) is 18.2. The van der Waals surface area contributed by atoms with E-state index in [1.54, 1.807) is 0 Å². The standard InChI is InChI=1S/C21H25N5/c1-25(14-18-8-3-5-12-22-18)16-20-10-7-11-21(24-20)17-26(2)15-19-9-4-6-13-23-19/h3-13H,14-17H2,1-2H3. The summed E-state index contributed by atoms with van der Waals surface area (Å²) in [6.07, 6.45) is 3.67. The minimum Gasteiger partial charge on any atom is -0.295 e. The topological polar surface area (TPSA) is 45.2 Å². The van der Waals surface area contributed by atoms with Crippen molar-refractivity contribution in [3.05, 3.63) is 89.8 Å². The molecule has 3 heterocycles. The lowest BCUT2D eigenvalue weighted by Crippen LogP contribution is -2.21. The smallest absolute Gasteiger partial charge is 0.0547 e. The summed E-state index contributed by atoms with van der Waals surface area (Å²) in [6.45, 7) is 3.22. The lowest BCUT2D eigenvalue weighted by Gasteiger charge is -2.18. The van der Waals surface area contributed by atoms with E-state index >= 15 is 0 Å². The maximum Gasteiger partial charge on any atom is 0.0547 e. The molecule has 0 aliphatic carbocycles. The molecule has 3 rings (SSSR count). The van der Waals surface area contributed by atoms with Crippen molar-refractivity contribution in [3.8, 4) is 0 Å². The number of pyridine rings is 3. The van der Waals surface area contributed by atoms with E-state index in [9.17, 15) is 0 Å². The summed E-state index contributed by atoms with van der Waals surface area (Å²) in [7, 11) is 4.19. The van der Waals surface area contributed by atoms with E-state index in [-0.39, 0.29) is 0 Å². The quantitative estimate of drug-likeness (QED) is 0.626. The van der Waals surface area contributed by atoms with Gasteiger partial charge in [-0.05, 0) is 50.5 Å². The van der Waals surface area contributed by atoms with Crippen LogP contribution in [0.3, 0.4) is 0 Å². The van der Waals surface area contributed by atoms with Gasteiger partial charge in [-0.1, -0.05) is 18.2 Å². The number of hydrogen-bond donors (Lipinski definition) is 0. The van der Waals surface area contributed by atoms with Crippen LogP contribution in [0.1, 0.15) is 22.8 Å². The predicted molar refractivity (Wildman–Crippen MR) is 103 cm³/mol. The fourth-order valence-corrected chi connectivity index (χ4v) is 2.91. The second-order valence-electron chi connectivity index (χ2n) is 6.61. The Morgan fingerprint density at radius 3 is 1.42 bits per heavy atom. The third-order valence-corrected chi connectivity index (χ3v) is 4.04. The Labute approximate surface area is 155 Å². The minimum atomic E-state index is 0.800. The van der Waals surface area contributed by atoms with Crippen molar-refractivity contribution in [1.29, 1.82) is 0 Å². The van der Waals surface area contributed by atoms with Crippen molar-refractivity contribution in [3.63, 3.8) is 0 Å². The van der Waals surface area contributed by atoms with Gasteiger partial charge in [0.15, 0.2) is 0 Å². The van der Waals surface area contributed by atoms with Crippen molar-refractivity contribution < 1.29 is 0 Å². The molecule has 0 atom stereocenters. The maximum atomic E-state index is 4.81. The number of hydrogen-bond acceptors (Lipinski definition) is 5. The molecular formula is C21H25N5. The molecule has 0 aliphatic heterocycles. The van der Waals surface area contributed by atoms with Crippen molar-refractivity contribution >= 4 is 0 Å². The van der Waals surface area contributed by atoms with Crippen molar-refractivity contribution in [2.45, 2.75) is 26.2 Å². The molecule has 5 nitrogen and oxygen atoms in total. The van der Waals surface area contributed by atoms with E-state index in [1.807, 2.05) is 48.8 Å². The Morgan fingerprint density at radius 2 is 1.00 bits per heavy atom. The van der Waals surface area contributed by atoms with Crippen LogP contribution in [0.4, 0.5) is 0 Å². The van der Waals surface area contributed by atoms with Gasteiger partial charge in [-0.15, -0.1) is 0 Å². The second-order valence-corrected chi connectivity index (χ2v) is 6.61. The van der Waals surface area contributed by atoms with Crippen LogP contribution >= 0.6 is 0 Å². The Morgan fingerprint density at radius 1 is 0.577 bits per heavy atom. The summed E-state index contributed by atoms with van der Waals surface area (Å²) in [4.78, 5) is 18.0. The van der Waals surface area contributed by atoms with Crippen LogP contribution in [-0.2, 0) is 26.2 Å². The van der Waals surface area contributed by atoms with Crippen LogP contribution in [-0.4, -0.2) is 38.8 Å². The summed E-state index contributed by atoms with van der Waals surface area (Å²) < 4.78 is 0. The van der Waals surface area contributed by atoms with E-state index in [4.69, 9.17) is 4.98 Å². The monoisotopic (exact) mass is 347 g/mol. The van der Waals surface area contributed by atoms with Gasteiger partial charge < -0.3 is 0 Å². The number of aromatic nitrogens is 3. The highest BCUT2D eigenvalue weighted by Crippen LogP contribution is 2.08. The van der Waals surface area contributed by atoms with Gasteiger partial charge in [0, 0.05) is 38.6 Å². The Kier molecular flexibility index (Phi) is 6.41. The molecule has 0 saturated carbocycles. The van der Waals surface area contributed by atoms with Gasteiger partial charge in [-0.2, -0.15) is 0 Å². The summed E-state index contributed by atoms with van der Waals surface area (Å²) >= 11 is 0. The van der Waals surface area contributed by atoms with Crippen LogP contribution in [0.5, 0.6) is 0 Å². The Balaban J connectivity index is 1.55. The Hall–Kier alpha value is -2.63. The molecular weight excluding hydrogens is 322 g/mol. The van der Waals surface area contributed by atoms with E-state index in [0.717, 1.165) is 49.0 Å². The first-order valence-electron chi connectivity index (χ1n) is 8.81. The molecule has 3 aromatic heterocycles. The van der Waals surface area contributed by atoms with Crippen molar-refractivity contribution in [1.82, 2.24) is 24.8 Å². The molecule has 0 bridgehead atoms. The van der Waals surface area contributed by atoms with Crippen LogP contribution in [0, 0.1) is 0 Å². The summed E-state index contributed by atoms with van der Waals surface area (Å²) in [6, 6.07) is 18.3. The molecule has 0 saturated heterocycles. The van der Waals surface area contributed by atoms with Gasteiger partial charge in [-0.25, -0.2) is 0 Å². The highest BCUT2D eigenvalue weighted by Gasteiger charge is 2.07. The zero-order chi connectivity index (χ0) is 18.2. The molecule has 5 heteroatoms. The minimum absolute atomic E-state index is 0.800. The number of rotatable bonds is 8. The van der Waals surface area contributed by atoms with E-state index < -0.39 is 0 Å². The predicted octanol–water partition coefficient (Wildman–Crippen LogP) is 3.14. The molecule has 0 aliphatic rings. The molecule has 0 unspecified atom stereocenters. The third kappa shape index (κ3) is 5.72. The largest absolute Gasteiger partial charge is 0.295 e. The summed E-state index contributed by atoms with van der Waals surface area (Å²) in [5, 5.41) is 0.